The van der Waals surface area contributed by atoms with Gasteiger partial charge in [-0.25, -0.2) is 9.50 Å². The fourth-order valence-corrected chi connectivity index (χ4v) is 4.31. The number of rotatable bonds is 5. The molecule has 0 aliphatic carbocycles. The molecule has 0 saturated carbocycles. The first-order chi connectivity index (χ1) is 12.6. The Kier molecular flexibility index (Phi) is 4.82. The molecule has 0 radical (unpaired) electrons. The van der Waals surface area contributed by atoms with E-state index in [1.54, 1.807) is 11.3 Å². The third-order valence-electron chi connectivity index (χ3n) is 5.01. The van der Waals surface area contributed by atoms with E-state index in [9.17, 15) is 0 Å². The Hall–Kier alpha value is -2.12. The van der Waals surface area contributed by atoms with Crippen molar-refractivity contribution >= 4 is 27.1 Å². The largest absolute Gasteiger partial charge is 0.378 e. The summed E-state index contributed by atoms with van der Waals surface area (Å²) in [5.74, 6) is 0.752. The van der Waals surface area contributed by atoms with Crippen LogP contribution in [0.5, 0.6) is 0 Å². The molecule has 1 N–H and O–H groups in total. The predicted octanol–water partition coefficient (Wildman–Crippen LogP) is 2.96. The first-order valence-corrected chi connectivity index (χ1v) is 9.97. The van der Waals surface area contributed by atoms with Gasteiger partial charge in [-0.2, -0.15) is 0 Å². The lowest BCUT2D eigenvalue weighted by Crippen LogP contribution is -2.34. The number of anilines is 2. The molecule has 26 heavy (non-hydrogen) atoms. The van der Waals surface area contributed by atoms with Crippen molar-refractivity contribution in [2.24, 2.45) is 5.92 Å². The molecule has 1 aromatic carbocycles. The van der Waals surface area contributed by atoms with E-state index in [1.165, 1.54) is 18.5 Å². The van der Waals surface area contributed by atoms with Gasteiger partial charge in [0.25, 0.3) is 0 Å². The van der Waals surface area contributed by atoms with Crippen LogP contribution in [-0.4, -0.2) is 55.4 Å². The summed E-state index contributed by atoms with van der Waals surface area (Å²) in [5.41, 5.74) is 3.27. The molecule has 0 spiro atoms. The van der Waals surface area contributed by atoms with E-state index in [0.29, 0.717) is 0 Å². The Bertz CT molecular complexity index is 846. The Morgan fingerprint density at radius 2 is 2.04 bits per heavy atom. The first-order valence-electron chi connectivity index (χ1n) is 9.16. The molecule has 1 aliphatic heterocycles. The van der Waals surface area contributed by atoms with Crippen molar-refractivity contribution in [1.82, 2.24) is 19.9 Å². The molecular weight excluding hydrogens is 344 g/mol. The van der Waals surface area contributed by atoms with Gasteiger partial charge in [-0.05, 0) is 44.0 Å². The minimum absolute atomic E-state index is 0.752. The van der Waals surface area contributed by atoms with Crippen molar-refractivity contribution in [3.05, 3.63) is 30.5 Å². The standard InChI is InChI=1S/C19H26N6S/c1-23(2)16-6-4-5-15(11-16)17-13-25-18(21-17)26-19(22-25)24(3)12-14-7-9-20-10-8-14/h4-6,11,13-14,20H,7-10,12H2,1-3H3. The SMILES string of the molecule is CN(C)c1cccc(-c2cn3nc(N(C)CC4CCNCC4)sc3n2)c1. The van der Waals surface area contributed by atoms with Crippen LogP contribution in [0.3, 0.4) is 0 Å². The molecule has 2 aromatic heterocycles. The zero-order valence-corrected chi connectivity index (χ0v) is 16.5. The van der Waals surface area contributed by atoms with Crippen LogP contribution in [0.1, 0.15) is 12.8 Å². The number of nitrogens with zero attached hydrogens (tertiary/aromatic N) is 5. The quantitative estimate of drug-likeness (QED) is 0.748. The van der Waals surface area contributed by atoms with Crippen LogP contribution < -0.4 is 15.1 Å². The monoisotopic (exact) mass is 370 g/mol. The summed E-state index contributed by atoms with van der Waals surface area (Å²) < 4.78 is 1.91. The lowest BCUT2D eigenvalue weighted by Gasteiger charge is -2.26. The summed E-state index contributed by atoms with van der Waals surface area (Å²) in [5, 5.41) is 9.22. The average molecular weight is 371 g/mol. The van der Waals surface area contributed by atoms with Crippen molar-refractivity contribution in [2.45, 2.75) is 12.8 Å². The fourth-order valence-electron chi connectivity index (χ4n) is 3.46. The van der Waals surface area contributed by atoms with Crippen molar-refractivity contribution in [2.75, 3.05) is 50.6 Å². The molecule has 0 amide bonds. The molecule has 7 heteroatoms. The summed E-state index contributed by atoms with van der Waals surface area (Å²) in [6.45, 7) is 3.33. The minimum atomic E-state index is 0.752. The number of hydrogen-bond acceptors (Lipinski definition) is 6. The molecule has 138 valence electrons. The zero-order chi connectivity index (χ0) is 18.1. The van der Waals surface area contributed by atoms with Gasteiger partial charge in [0.2, 0.25) is 10.1 Å². The van der Waals surface area contributed by atoms with E-state index in [4.69, 9.17) is 10.1 Å². The van der Waals surface area contributed by atoms with E-state index < -0.39 is 0 Å². The van der Waals surface area contributed by atoms with Crippen LogP contribution >= 0.6 is 11.3 Å². The molecule has 0 unspecified atom stereocenters. The Balaban J connectivity index is 1.52. The van der Waals surface area contributed by atoms with E-state index in [0.717, 1.165) is 46.9 Å². The van der Waals surface area contributed by atoms with Crippen LogP contribution in [0.4, 0.5) is 10.8 Å². The van der Waals surface area contributed by atoms with Gasteiger partial charge in [-0.3, -0.25) is 0 Å². The molecule has 3 aromatic rings. The van der Waals surface area contributed by atoms with E-state index in [-0.39, 0.29) is 0 Å². The number of imidazole rings is 1. The van der Waals surface area contributed by atoms with Crippen molar-refractivity contribution in [1.29, 1.82) is 0 Å². The van der Waals surface area contributed by atoms with Gasteiger partial charge < -0.3 is 15.1 Å². The first kappa shape index (κ1) is 17.3. The van der Waals surface area contributed by atoms with Crippen LogP contribution in [-0.2, 0) is 0 Å². The number of fused-ring (bicyclic) bond motifs is 1. The van der Waals surface area contributed by atoms with Crippen molar-refractivity contribution in [3.8, 4) is 11.3 Å². The van der Waals surface area contributed by atoms with Crippen LogP contribution in [0.2, 0.25) is 0 Å². The Labute approximate surface area is 158 Å². The summed E-state index contributed by atoms with van der Waals surface area (Å²) in [4.78, 5) is 10.1. The number of piperidine rings is 1. The summed E-state index contributed by atoms with van der Waals surface area (Å²) in [7, 11) is 6.25. The summed E-state index contributed by atoms with van der Waals surface area (Å²) in [6.07, 6.45) is 4.53. The Morgan fingerprint density at radius 1 is 1.23 bits per heavy atom. The number of hydrogen-bond donors (Lipinski definition) is 1. The molecule has 4 rings (SSSR count). The van der Waals surface area contributed by atoms with Gasteiger partial charge in [0.05, 0.1) is 11.9 Å². The van der Waals surface area contributed by atoms with Crippen molar-refractivity contribution < 1.29 is 0 Å². The smallest absolute Gasteiger partial charge is 0.214 e. The van der Waals surface area contributed by atoms with E-state index in [2.05, 4.69) is 60.5 Å². The van der Waals surface area contributed by atoms with Crippen LogP contribution in [0.15, 0.2) is 30.5 Å². The normalized spacial score (nSPS) is 15.5. The van der Waals surface area contributed by atoms with Gasteiger partial charge in [0.15, 0.2) is 0 Å². The fraction of sp³-hybridized carbons (Fsp3) is 0.474. The molecule has 6 nitrogen and oxygen atoms in total. The maximum atomic E-state index is 4.80. The van der Waals surface area contributed by atoms with Gasteiger partial charge in [0, 0.05) is 38.9 Å². The third-order valence-corrected chi connectivity index (χ3v) is 6.04. The van der Waals surface area contributed by atoms with Gasteiger partial charge in [-0.1, -0.05) is 23.5 Å². The summed E-state index contributed by atoms with van der Waals surface area (Å²) in [6, 6.07) is 8.44. The lowest BCUT2D eigenvalue weighted by molar-refractivity contribution is 0.377. The molecule has 1 saturated heterocycles. The zero-order valence-electron chi connectivity index (χ0n) is 15.6. The predicted molar refractivity (Wildman–Crippen MR) is 109 cm³/mol. The minimum Gasteiger partial charge on any atom is -0.378 e. The second kappa shape index (κ2) is 7.25. The van der Waals surface area contributed by atoms with Crippen LogP contribution in [0, 0.1) is 5.92 Å². The highest BCUT2D eigenvalue weighted by Crippen LogP contribution is 2.28. The number of aromatic nitrogens is 3. The summed E-state index contributed by atoms with van der Waals surface area (Å²) >= 11 is 1.66. The highest BCUT2D eigenvalue weighted by Gasteiger charge is 2.18. The second-order valence-corrected chi connectivity index (χ2v) is 8.19. The highest BCUT2D eigenvalue weighted by molar-refractivity contribution is 7.20. The maximum Gasteiger partial charge on any atom is 0.214 e. The topological polar surface area (TPSA) is 48.7 Å². The molecule has 1 aliphatic rings. The number of nitrogens with one attached hydrogen (secondary N) is 1. The molecule has 0 bridgehead atoms. The van der Waals surface area contributed by atoms with Crippen LogP contribution in [0.25, 0.3) is 16.2 Å². The van der Waals surface area contributed by atoms with E-state index in [1.807, 2.05) is 10.7 Å². The molecular formula is C19H26N6S. The molecule has 3 heterocycles. The molecule has 0 atom stereocenters. The average Bonchev–Trinajstić information content (AvgIpc) is 3.22. The molecule has 1 fully saturated rings. The van der Waals surface area contributed by atoms with Gasteiger partial charge >= 0.3 is 0 Å². The maximum absolute atomic E-state index is 4.80. The Morgan fingerprint density at radius 3 is 2.77 bits per heavy atom. The highest BCUT2D eigenvalue weighted by atomic mass is 32.1. The third kappa shape index (κ3) is 3.54. The van der Waals surface area contributed by atoms with Gasteiger partial charge in [-0.15, -0.1) is 5.10 Å². The number of benzene rings is 1. The lowest BCUT2D eigenvalue weighted by atomic mass is 9.98. The van der Waals surface area contributed by atoms with Crippen molar-refractivity contribution in [3.63, 3.8) is 0 Å². The van der Waals surface area contributed by atoms with Gasteiger partial charge in [0.1, 0.15) is 0 Å². The van der Waals surface area contributed by atoms with E-state index >= 15 is 0 Å². The second-order valence-electron chi connectivity index (χ2n) is 7.26.